The summed E-state index contributed by atoms with van der Waals surface area (Å²) >= 11 is 0. The normalized spacial score (nSPS) is 45.2. The number of rotatable bonds is 2. The summed E-state index contributed by atoms with van der Waals surface area (Å²) < 4.78 is 29.6. The van der Waals surface area contributed by atoms with Gasteiger partial charge in [-0.2, -0.15) is 0 Å². The van der Waals surface area contributed by atoms with E-state index in [2.05, 4.69) is 19.2 Å². The summed E-state index contributed by atoms with van der Waals surface area (Å²) in [6, 6.07) is 6.00. The molecule has 0 aromatic heterocycles. The lowest BCUT2D eigenvalue weighted by Crippen LogP contribution is -2.56. The Morgan fingerprint density at radius 2 is 1.77 bits per heavy atom. The molecule has 4 fully saturated rings. The highest BCUT2D eigenvalue weighted by atomic mass is 19.1. The number of hydrogen-bond donors (Lipinski definition) is 1. The number of benzene rings is 1. The molecule has 4 aliphatic carbocycles. The van der Waals surface area contributed by atoms with Crippen molar-refractivity contribution in [3.63, 3.8) is 0 Å². The van der Waals surface area contributed by atoms with Crippen molar-refractivity contribution in [2.24, 2.45) is 40.9 Å². The molecule has 5 rings (SSSR count). The quantitative estimate of drug-likeness (QED) is 0.568. The van der Waals surface area contributed by atoms with E-state index in [1.807, 2.05) is 0 Å². The van der Waals surface area contributed by atoms with Crippen LogP contribution in [0.5, 0.6) is 0 Å². The second-order valence-corrected chi connectivity index (χ2v) is 11.1. The fourth-order valence-corrected chi connectivity index (χ4v) is 8.19. The van der Waals surface area contributed by atoms with Crippen LogP contribution < -0.4 is 5.32 Å². The van der Waals surface area contributed by atoms with Gasteiger partial charge in [0.25, 0.3) is 0 Å². The van der Waals surface area contributed by atoms with Crippen LogP contribution in [0.4, 0.5) is 14.5 Å². The summed E-state index contributed by atoms with van der Waals surface area (Å²) in [6.07, 6.45) is 8.81. The van der Waals surface area contributed by atoms with Crippen LogP contribution >= 0.6 is 0 Å². The smallest absolute Gasteiger partial charge is 0.228 e. The maximum absolute atomic E-state index is 16.4. The summed E-state index contributed by atoms with van der Waals surface area (Å²) in [7, 11) is 0. The molecule has 0 heterocycles. The van der Waals surface area contributed by atoms with Crippen molar-refractivity contribution in [3.05, 3.63) is 30.1 Å². The summed E-state index contributed by atoms with van der Waals surface area (Å²) in [6.45, 7) is 4.57. The highest BCUT2D eigenvalue weighted by Gasteiger charge is 2.62. The summed E-state index contributed by atoms with van der Waals surface area (Å²) in [5.41, 5.74) is -0.358. The maximum Gasteiger partial charge on any atom is 0.228 e. The van der Waals surface area contributed by atoms with Crippen LogP contribution in [-0.4, -0.2) is 11.6 Å². The Morgan fingerprint density at radius 1 is 1.00 bits per heavy atom. The van der Waals surface area contributed by atoms with Crippen molar-refractivity contribution in [2.45, 2.75) is 77.3 Å². The van der Waals surface area contributed by atoms with Gasteiger partial charge in [0, 0.05) is 11.6 Å². The van der Waals surface area contributed by atoms with E-state index < -0.39 is 5.67 Å². The first kappa shape index (κ1) is 20.5. The summed E-state index contributed by atoms with van der Waals surface area (Å²) in [5.74, 6) is 1.72. The molecule has 4 heteroatoms. The van der Waals surface area contributed by atoms with Crippen LogP contribution in [0.3, 0.4) is 0 Å². The topological polar surface area (TPSA) is 29.1 Å². The van der Waals surface area contributed by atoms with E-state index in [0.29, 0.717) is 23.4 Å². The number of carbonyl (C=O) groups excluding carboxylic acids is 1. The number of alkyl halides is 1. The molecular weight excluding hydrogens is 380 g/mol. The first-order chi connectivity index (χ1) is 14.3. The van der Waals surface area contributed by atoms with E-state index >= 15 is 4.39 Å². The number of hydrogen-bond acceptors (Lipinski definition) is 1. The second kappa shape index (κ2) is 7.31. The molecule has 30 heavy (non-hydrogen) atoms. The first-order valence-electron chi connectivity index (χ1n) is 12.1. The molecule has 0 saturated heterocycles. The molecule has 1 amide bonds. The largest absolute Gasteiger partial charge is 0.326 e. The van der Waals surface area contributed by atoms with Crippen LogP contribution in [-0.2, 0) is 4.79 Å². The molecule has 2 nitrogen and oxygen atoms in total. The Morgan fingerprint density at radius 3 is 2.53 bits per heavy atom. The number of fused-ring (bicyclic) bond motifs is 5. The number of anilines is 1. The third-order valence-corrected chi connectivity index (χ3v) is 9.72. The average molecular weight is 416 g/mol. The fourth-order valence-electron chi connectivity index (χ4n) is 8.19. The Labute approximate surface area is 179 Å². The van der Waals surface area contributed by atoms with Crippen LogP contribution in [0.2, 0.25) is 0 Å². The van der Waals surface area contributed by atoms with Crippen molar-refractivity contribution in [2.75, 3.05) is 5.32 Å². The fraction of sp³-hybridized carbons (Fsp3) is 0.731. The molecule has 8 atom stereocenters. The minimum atomic E-state index is -0.967. The van der Waals surface area contributed by atoms with Gasteiger partial charge in [-0.3, -0.25) is 4.79 Å². The van der Waals surface area contributed by atoms with Crippen molar-refractivity contribution in [1.29, 1.82) is 0 Å². The lowest BCUT2D eigenvalue weighted by Gasteiger charge is -2.58. The molecule has 0 bridgehead atoms. The molecule has 0 spiro atoms. The zero-order valence-corrected chi connectivity index (χ0v) is 18.3. The van der Waals surface area contributed by atoms with Crippen LogP contribution in [0.15, 0.2) is 24.3 Å². The molecule has 164 valence electrons. The molecule has 1 aromatic carbocycles. The van der Waals surface area contributed by atoms with Gasteiger partial charge in [0.05, 0.1) is 0 Å². The second-order valence-electron chi connectivity index (χ2n) is 11.1. The van der Waals surface area contributed by atoms with Crippen molar-refractivity contribution < 1.29 is 13.6 Å². The molecule has 1 N–H and O–H groups in total. The third-order valence-electron chi connectivity index (χ3n) is 9.72. The van der Waals surface area contributed by atoms with Crippen molar-refractivity contribution in [3.8, 4) is 0 Å². The van der Waals surface area contributed by atoms with Gasteiger partial charge in [0.15, 0.2) is 0 Å². The number of nitrogens with one attached hydrogen (secondary N) is 1. The van der Waals surface area contributed by atoms with E-state index in [1.54, 1.807) is 12.1 Å². The molecule has 1 aromatic rings. The average Bonchev–Trinajstić information content (AvgIpc) is 3.07. The van der Waals surface area contributed by atoms with Crippen molar-refractivity contribution >= 4 is 11.6 Å². The zero-order chi connectivity index (χ0) is 21.1. The molecule has 4 saturated carbocycles. The SMILES string of the molecule is C[C@H]1CC[C@@]2(F)[C@H](CC[C@H]3C4CC[C@H](C(=O)Nc5ccc(F)cc5)[C@@]4(C)CC[C@@H]32)C1. The Kier molecular flexibility index (Phi) is 4.98. The van der Waals surface area contributed by atoms with Crippen LogP contribution in [0, 0.1) is 46.7 Å². The highest BCUT2D eigenvalue weighted by molar-refractivity contribution is 5.93. The first-order valence-corrected chi connectivity index (χ1v) is 12.1. The van der Waals surface area contributed by atoms with Crippen molar-refractivity contribution in [1.82, 2.24) is 0 Å². The maximum atomic E-state index is 16.4. The number of halogens is 2. The summed E-state index contributed by atoms with van der Waals surface area (Å²) in [5, 5.41) is 3.02. The van der Waals surface area contributed by atoms with Gasteiger partial charge in [-0.25, -0.2) is 8.78 Å². The minimum Gasteiger partial charge on any atom is -0.326 e. The Bertz CT molecular complexity index is 810. The standard InChI is InChI=1S/C26H35F2NO/c1-16-11-14-26(28)17(15-16)3-8-20-21-9-10-23(25(21,2)13-12-22(20)26)24(30)29-19-6-4-18(27)5-7-19/h4-7,16-17,20-23H,3,8-15H2,1-2H3,(H,29,30)/t16-,17+,20-,21?,22-,23+,25-,26+/m0/s1. The van der Waals surface area contributed by atoms with Gasteiger partial charge in [-0.15, -0.1) is 0 Å². The van der Waals surface area contributed by atoms with E-state index in [9.17, 15) is 9.18 Å². The Balaban J connectivity index is 1.34. The minimum absolute atomic E-state index is 0.0341. The Hall–Kier alpha value is -1.45. The molecule has 0 radical (unpaired) electrons. The van der Waals surface area contributed by atoms with Gasteiger partial charge in [0.2, 0.25) is 5.91 Å². The van der Waals surface area contributed by atoms with Crippen LogP contribution in [0.1, 0.15) is 71.6 Å². The van der Waals surface area contributed by atoms with Gasteiger partial charge < -0.3 is 5.32 Å². The zero-order valence-electron chi connectivity index (χ0n) is 18.3. The molecule has 1 unspecified atom stereocenters. The number of carbonyl (C=O) groups is 1. The highest BCUT2D eigenvalue weighted by Crippen LogP contribution is 2.66. The van der Waals surface area contributed by atoms with E-state index in [-0.39, 0.29) is 34.9 Å². The third kappa shape index (κ3) is 3.12. The number of amides is 1. The molecular formula is C26H35F2NO. The molecule has 4 aliphatic rings. The van der Waals surface area contributed by atoms with Gasteiger partial charge >= 0.3 is 0 Å². The van der Waals surface area contributed by atoms with E-state index in [4.69, 9.17) is 0 Å². The van der Waals surface area contributed by atoms with Gasteiger partial charge in [-0.05, 0) is 117 Å². The predicted octanol–water partition coefficient (Wildman–Crippen LogP) is 6.76. The van der Waals surface area contributed by atoms with Gasteiger partial charge in [0.1, 0.15) is 11.5 Å². The monoisotopic (exact) mass is 415 g/mol. The molecule has 0 aliphatic heterocycles. The van der Waals surface area contributed by atoms with E-state index in [0.717, 1.165) is 57.8 Å². The lowest BCUT2D eigenvalue weighted by atomic mass is 9.48. The lowest BCUT2D eigenvalue weighted by molar-refractivity contribution is -0.144. The van der Waals surface area contributed by atoms with E-state index in [1.165, 1.54) is 12.1 Å². The van der Waals surface area contributed by atoms with Crippen LogP contribution in [0.25, 0.3) is 0 Å². The summed E-state index contributed by atoms with van der Waals surface area (Å²) in [4.78, 5) is 13.2. The van der Waals surface area contributed by atoms with Gasteiger partial charge in [-0.1, -0.05) is 13.8 Å². The predicted molar refractivity (Wildman–Crippen MR) is 115 cm³/mol.